The van der Waals surface area contributed by atoms with Crippen LogP contribution in [-0.4, -0.2) is 23.2 Å². The van der Waals surface area contributed by atoms with Crippen molar-refractivity contribution in [2.75, 3.05) is 0 Å². The minimum atomic E-state index is -4.75. The Morgan fingerprint density at radius 3 is 2.48 bits per heavy atom. The summed E-state index contributed by atoms with van der Waals surface area (Å²) in [6.45, 7) is 0.0894. The fraction of sp³-hybridized carbons (Fsp3) is 0.417. The summed E-state index contributed by atoms with van der Waals surface area (Å²) in [5.41, 5.74) is 0.566. The van der Waals surface area contributed by atoms with Crippen LogP contribution < -0.4 is 10.1 Å². The number of carbonyl (C=O) groups is 1. The quantitative estimate of drug-likeness (QED) is 0.665. The van der Waals surface area contributed by atoms with Gasteiger partial charge in [-0.15, -0.1) is 13.2 Å². The van der Waals surface area contributed by atoms with Gasteiger partial charge in [0, 0.05) is 17.9 Å². The SMILES string of the molecule is O=C(NCc1ccc(OC(F)(F)F)cc1)C1CC1[N+](=O)[O-]. The topological polar surface area (TPSA) is 81.5 Å². The number of alkyl halides is 3. The molecule has 0 heterocycles. The number of hydrogen-bond donors (Lipinski definition) is 1. The Morgan fingerprint density at radius 1 is 1.38 bits per heavy atom. The molecular weight excluding hydrogens is 293 g/mol. The molecule has 1 aromatic carbocycles. The number of nitro groups is 1. The van der Waals surface area contributed by atoms with Crippen LogP contribution in [0.2, 0.25) is 0 Å². The lowest BCUT2D eigenvalue weighted by Crippen LogP contribution is -2.26. The Morgan fingerprint density at radius 2 is 2.00 bits per heavy atom. The van der Waals surface area contributed by atoms with Crippen molar-refractivity contribution in [3.05, 3.63) is 39.9 Å². The number of hydrogen-bond acceptors (Lipinski definition) is 4. The summed E-state index contributed by atoms with van der Waals surface area (Å²) in [4.78, 5) is 21.5. The number of carbonyl (C=O) groups excluding carboxylic acids is 1. The summed E-state index contributed by atoms with van der Waals surface area (Å²) in [6.07, 6.45) is -4.53. The molecule has 0 spiro atoms. The first-order valence-electron chi connectivity index (χ1n) is 6.02. The third-order valence-corrected chi connectivity index (χ3v) is 2.99. The molecule has 1 aromatic rings. The van der Waals surface area contributed by atoms with Gasteiger partial charge in [-0.05, 0) is 17.7 Å². The van der Waals surface area contributed by atoms with Crippen molar-refractivity contribution in [3.63, 3.8) is 0 Å². The van der Waals surface area contributed by atoms with Crippen LogP contribution in [0.1, 0.15) is 12.0 Å². The van der Waals surface area contributed by atoms with Gasteiger partial charge in [-0.25, -0.2) is 0 Å². The number of benzene rings is 1. The van der Waals surface area contributed by atoms with E-state index in [0.29, 0.717) is 5.56 Å². The predicted molar refractivity (Wildman–Crippen MR) is 63.9 cm³/mol. The molecule has 1 fully saturated rings. The highest BCUT2D eigenvalue weighted by atomic mass is 19.4. The number of nitrogens with one attached hydrogen (secondary N) is 1. The van der Waals surface area contributed by atoms with E-state index in [-0.39, 0.29) is 18.7 Å². The molecule has 0 bridgehead atoms. The van der Waals surface area contributed by atoms with Crippen molar-refractivity contribution in [2.24, 2.45) is 5.92 Å². The first-order chi connectivity index (χ1) is 9.76. The van der Waals surface area contributed by atoms with Crippen LogP contribution in [0.15, 0.2) is 24.3 Å². The van der Waals surface area contributed by atoms with E-state index in [2.05, 4.69) is 10.1 Å². The summed E-state index contributed by atoms with van der Waals surface area (Å²) >= 11 is 0. The maximum Gasteiger partial charge on any atom is 0.573 e. The molecule has 6 nitrogen and oxygen atoms in total. The third-order valence-electron chi connectivity index (χ3n) is 2.99. The maximum absolute atomic E-state index is 12.0. The standard InChI is InChI=1S/C12H11F3N2O4/c13-12(14,15)21-8-3-1-7(2-4-8)6-16-11(18)9-5-10(9)17(19)20/h1-4,9-10H,5-6H2,(H,16,18). The van der Waals surface area contributed by atoms with Gasteiger partial charge in [-0.1, -0.05) is 12.1 Å². The molecule has 1 amide bonds. The summed E-state index contributed by atoms with van der Waals surface area (Å²) in [6, 6.07) is 4.18. The Balaban J connectivity index is 1.82. The van der Waals surface area contributed by atoms with Crippen molar-refractivity contribution < 1.29 is 27.6 Å². The summed E-state index contributed by atoms with van der Waals surface area (Å²) in [5, 5.41) is 12.9. The van der Waals surface area contributed by atoms with Crippen molar-refractivity contribution >= 4 is 5.91 Å². The van der Waals surface area contributed by atoms with E-state index in [9.17, 15) is 28.1 Å². The lowest BCUT2D eigenvalue weighted by Gasteiger charge is -2.09. The highest BCUT2D eigenvalue weighted by Crippen LogP contribution is 2.33. The highest BCUT2D eigenvalue weighted by molar-refractivity contribution is 5.81. The highest BCUT2D eigenvalue weighted by Gasteiger charge is 2.53. The van der Waals surface area contributed by atoms with Crippen molar-refractivity contribution in [1.82, 2.24) is 5.32 Å². The van der Waals surface area contributed by atoms with Crippen LogP contribution in [0.3, 0.4) is 0 Å². The first kappa shape index (κ1) is 15.1. The molecule has 0 saturated heterocycles. The number of nitrogens with zero attached hydrogens (tertiary/aromatic N) is 1. The van der Waals surface area contributed by atoms with Gasteiger partial charge in [0.05, 0.1) is 0 Å². The molecule has 9 heteroatoms. The van der Waals surface area contributed by atoms with E-state index < -0.39 is 29.2 Å². The zero-order valence-corrected chi connectivity index (χ0v) is 10.6. The first-order valence-corrected chi connectivity index (χ1v) is 6.02. The van der Waals surface area contributed by atoms with Crippen molar-refractivity contribution in [1.29, 1.82) is 0 Å². The number of amides is 1. The fourth-order valence-corrected chi connectivity index (χ4v) is 1.83. The van der Waals surface area contributed by atoms with E-state index in [0.717, 1.165) is 12.1 Å². The second kappa shape index (κ2) is 5.58. The van der Waals surface area contributed by atoms with E-state index in [4.69, 9.17) is 0 Å². The Labute approximate surface area is 117 Å². The van der Waals surface area contributed by atoms with Gasteiger partial charge < -0.3 is 10.1 Å². The Bertz CT molecular complexity index is 544. The molecule has 2 rings (SSSR count). The van der Waals surface area contributed by atoms with Gasteiger partial charge in [0.1, 0.15) is 11.7 Å². The second-order valence-corrected chi connectivity index (χ2v) is 4.60. The monoisotopic (exact) mass is 304 g/mol. The lowest BCUT2D eigenvalue weighted by atomic mass is 10.2. The van der Waals surface area contributed by atoms with Crippen LogP contribution in [-0.2, 0) is 11.3 Å². The van der Waals surface area contributed by atoms with Crippen molar-refractivity contribution in [2.45, 2.75) is 25.4 Å². The molecule has 21 heavy (non-hydrogen) atoms. The van der Waals surface area contributed by atoms with Gasteiger partial charge >= 0.3 is 6.36 Å². The van der Waals surface area contributed by atoms with Crippen LogP contribution in [0.25, 0.3) is 0 Å². The van der Waals surface area contributed by atoms with E-state index in [1.807, 2.05) is 0 Å². The molecule has 1 aliphatic rings. The number of rotatable bonds is 5. The van der Waals surface area contributed by atoms with Crippen LogP contribution >= 0.6 is 0 Å². The Kier molecular flexibility index (Phi) is 4.01. The normalized spacial score (nSPS) is 20.7. The van der Waals surface area contributed by atoms with Crippen LogP contribution in [0.4, 0.5) is 13.2 Å². The smallest absolute Gasteiger partial charge is 0.406 e. The van der Waals surface area contributed by atoms with Gasteiger partial charge in [-0.2, -0.15) is 0 Å². The second-order valence-electron chi connectivity index (χ2n) is 4.60. The summed E-state index contributed by atoms with van der Waals surface area (Å²) < 4.78 is 39.6. The molecule has 0 aliphatic heterocycles. The molecule has 114 valence electrons. The van der Waals surface area contributed by atoms with E-state index in [1.165, 1.54) is 12.1 Å². The molecule has 2 atom stereocenters. The molecular formula is C12H11F3N2O4. The van der Waals surface area contributed by atoms with E-state index >= 15 is 0 Å². The van der Waals surface area contributed by atoms with E-state index in [1.54, 1.807) is 0 Å². The Hall–Kier alpha value is -2.32. The van der Waals surface area contributed by atoms with Gasteiger partial charge in [0.25, 0.3) is 0 Å². The van der Waals surface area contributed by atoms with Crippen LogP contribution in [0.5, 0.6) is 5.75 Å². The zero-order chi connectivity index (χ0) is 15.6. The molecule has 1 N–H and O–H groups in total. The summed E-state index contributed by atoms with van der Waals surface area (Å²) in [7, 11) is 0. The fourth-order valence-electron chi connectivity index (χ4n) is 1.83. The predicted octanol–water partition coefficient (Wildman–Crippen LogP) is 1.87. The average Bonchev–Trinajstić information content (AvgIpc) is 3.16. The van der Waals surface area contributed by atoms with Gasteiger partial charge in [-0.3, -0.25) is 14.9 Å². The minimum absolute atomic E-state index is 0.0894. The molecule has 0 aromatic heterocycles. The lowest BCUT2D eigenvalue weighted by molar-refractivity contribution is -0.497. The number of halogens is 3. The number of ether oxygens (including phenoxy) is 1. The molecule has 0 radical (unpaired) electrons. The molecule has 1 aliphatic carbocycles. The van der Waals surface area contributed by atoms with Crippen LogP contribution in [0, 0.1) is 16.0 Å². The maximum atomic E-state index is 12.0. The van der Waals surface area contributed by atoms with Crippen molar-refractivity contribution in [3.8, 4) is 5.75 Å². The zero-order valence-electron chi connectivity index (χ0n) is 10.6. The minimum Gasteiger partial charge on any atom is -0.406 e. The average molecular weight is 304 g/mol. The third kappa shape index (κ3) is 4.33. The molecule has 2 unspecified atom stereocenters. The van der Waals surface area contributed by atoms with Gasteiger partial charge in [0.2, 0.25) is 11.9 Å². The van der Waals surface area contributed by atoms with Gasteiger partial charge in [0.15, 0.2) is 0 Å². The largest absolute Gasteiger partial charge is 0.573 e. The summed E-state index contributed by atoms with van der Waals surface area (Å²) in [5.74, 6) is -1.40. The molecule has 1 saturated carbocycles.